The average Bonchev–Trinajstić information content (AvgIpc) is 3.17. The molecule has 0 saturated heterocycles. The lowest BCUT2D eigenvalue weighted by Gasteiger charge is -2.13. The lowest BCUT2D eigenvalue weighted by atomic mass is 10.0. The molecule has 0 aliphatic carbocycles. The zero-order valence-corrected chi connectivity index (χ0v) is 18.8. The number of rotatable bonds is 7. The number of aromatic nitrogens is 1. The normalized spacial score (nSPS) is 11.1. The van der Waals surface area contributed by atoms with E-state index in [0.29, 0.717) is 51.6 Å². The van der Waals surface area contributed by atoms with E-state index < -0.39 is 5.63 Å². The van der Waals surface area contributed by atoms with E-state index in [-0.39, 0.29) is 12.3 Å². The maximum atomic E-state index is 12.6. The Morgan fingerprint density at radius 3 is 2.72 bits per heavy atom. The van der Waals surface area contributed by atoms with Crippen molar-refractivity contribution < 1.29 is 18.7 Å². The number of ether oxygens (including phenoxy) is 2. The summed E-state index contributed by atoms with van der Waals surface area (Å²) in [4.78, 5) is 28.4. The maximum Gasteiger partial charge on any atom is 0.340 e. The third kappa shape index (κ3) is 4.03. The van der Waals surface area contributed by atoms with Crippen LogP contribution in [-0.2, 0) is 17.6 Å². The Hall–Kier alpha value is -3.45. The third-order valence-corrected chi connectivity index (χ3v) is 5.82. The average molecular weight is 455 g/mol. The van der Waals surface area contributed by atoms with Gasteiger partial charge in [-0.1, -0.05) is 11.6 Å². The van der Waals surface area contributed by atoms with Crippen LogP contribution in [0.2, 0.25) is 5.02 Å². The molecule has 4 aromatic rings. The number of methoxy groups -OCH3 is 2. The second-order valence-corrected chi connectivity index (χ2v) is 7.89. The number of amides is 1. The van der Waals surface area contributed by atoms with Crippen LogP contribution in [0.1, 0.15) is 16.7 Å². The predicted molar refractivity (Wildman–Crippen MR) is 124 cm³/mol. The number of aromatic amines is 1. The summed E-state index contributed by atoms with van der Waals surface area (Å²) in [6.45, 7) is 2.23. The molecule has 2 aromatic carbocycles. The number of aryl methyl sites for hydroxylation is 1. The fraction of sp³-hybridized carbons (Fsp3) is 0.250. The number of hydrogen-bond donors (Lipinski definition) is 2. The standard InChI is InChI=1S/C24H23ClN2O5/c1-13-16-5-7-20(30-2)23(31-3)22(16)32-24(29)17(13)11-21(28)26-9-8-14-12-27-19-6-4-15(25)10-18(14)19/h4-7,10,12,27H,8-9,11H2,1-3H3,(H,26,28). The quantitative estimate of drug-likeness (QED) is 0.409. The predicted octanol–water partition coefficient (Wildman–Crippen LogP) is 4.15. The number of halogens is 1. The number of carbonyl (C=O) groups excluding carboxylic acids is 1. The van der Waals surface area contributed by atoms with Gasteiger partial charge in [-0.25, -0.2) is 4.79 Å². The minimum Gasteiger partial charge on any atom is -0.493 e. The van der Waals surface area contributed by atoms with Crippen LogP contribution >= 0.6 is 11.6 Å². The maximum absolute atomic E-state index is 12.6. The largest absolute Gasteiger partial charge is 0.493 e. The fourth-order valence-electron chi connectivity index (χ4n) is 3.89. The summed E-state index contributed by atoms with van der Waals surface area (Å²) < 4.78 is 16.1. The summed E-state index contributed by atoms with van der Waals surface area (Å²) in [5, 5.41) is 5.27. The van der Waals surface area contributed by atoms with Crippen molar-refractivity contribution in [3.8, 4) is 11.5 Å². The Morgan fingerprint density at radius 2 is 1.97 bits per heavy atom. The number of carbonyl (C=O) groups is 1. The molecule has 0 aliphatic rings. The molecule has 7 nitrogen and oxygen atoms in total. The van der Waals surface area contributed by atoms with Crippen LogP contribution < -0.4 is 20.4 Å². The summed E-state index contributed by atoms with van der Waals surface area (Å²) in [6.07, 6.45) is 2.48. The van der Waals surface area contributed by atoms with Gasteiger partial charge in [-0.3, -0.25) is 4.79 Å². The van der Waals surface area contributed by atoms with Crippen molar-refractivity contribution >= 4 is 39.4 Å². The highest BCUT2D eigenvalue weighted by Gasteiger charge is 2.19. The minimum absolute atomic E-state index is 0.0713. The van der Waals surface area contributed by atoms with Crippen LogP contribution in [0.15, 0.2) is 45.7 Å². The molecule has 2 N–H and O–H groups in total. The van der Waals surface area contributed by atoms with Gasteiger partial charge in [0.1, 0.15) is 0 Å². The SMILES string of the molecule is COc1ccc2c(C)c(CC(=O)NCCc3c[nH]c4ccc(Cl)cc34)c(=O)oc2c1OC. The van der Waals surface area contributed by atoms with Gasteiger partial charge in [0.05, 0.1) is 26.2 Å². The van der Waals surface area contributed by atoms with E-state index in [1.807, 2.05) is 24.4 Å². The molecule has 0 saturated carbocycles. The van der Waals surface area contributed by atoms with Crippen molar-refractivity contribution in [1.82, 2.24) is 10.3 Å². The minimum atomic E-state index is -0.567. The van der Waals surface area contributed by atoms with E-state index in [2.05, 4.69) is 10.3 Å². The van der Waals surface area contributed by atoms with Crippen molar-refractivity contribution in [3.63, 3.8) is 0 Å². The van der Waals surface area contributed by atoms with Gasteiger partial charge in [0.15, 0.2) is 11.3 Å². The van der Waals surface area contributed by atoms with E-state index in [4.69, 9.17) is 25.5 Å². The summed E-state index contributed by atoms with van der Waals surface area (Å²) in [6, 6.07) is 9.18. The third-order valence-electron chi connectivity index (χ3n) is 5.58. The molecule has 0 aliphatic heterocycles. The van der Waals surface area contributed by atoms with Gasteiger partial charge < -0.3 is 24.2 Å². The molecule has 0 fully saturated rings. The van der Waals surface area contributed by atoms with Gasteiger partial charge in [-0.2, -0.15) is 0 Å². The van der Waals surface area contributed by atoms with Crippen LogP contribution in [-0.4, -0.2) is 31.7 Å². The molecule has 32 heavy (non-hydrogen) atoms. The van der Waals surface area contributed by atoms with E-state index >= 15 is 0 Å². The zero-order valence-electron chi connectivity index (χ0n) is 18.0. The number of nitrogens with one attached hydrogen (secondary N) is 2. The van der Waals surface area contributed by atoms with Crippen LogP contribution in [0.4, 0.5) is 0 Å². The van der Waals surface area contributed by atoms with Crippen molar-refractivity contribution in [1.29, 1.82) is 0 Å². The van der Waals surface area contributed by atoms with Gasteiger partial charge in [-0.15, -0.1) is 0 Å². The Bertz CT molecular complexity index is 1370. The van der Waals surface area contributed by atoms with E-state index in [1.54, 1.807) is 19.1 Å². The van der Waals surface area contributed by atoms with Crippen molar-refractivity contribution in [3.05, 3.63) is 68.7 Å². The van der Waals surface area contributed by atoms with Crippen molar-refractivity contribution in [2.45, 2.75) is 19.8 Å². The van der Waals surface area contributed by atoms with Gasteiger partial charge >= 0.3 is 5.63 Å². The van der Waals surface area contributed by atoms with Gasteiger partial charge in [0.2, 0.25) is 11.7 Å². The van der Waals surface area contributed by atoms with Gasteiger partial charge in [-0.05, 0) is 54.8 Å². The smallest absolute Gasteiger partial charge is 0.340 e. The Balaban J connectivity index is 1.49. The molecule has 2 heterocycles. The second kappa shape index (κ2) is 8.96. The molecule has 1 amide bonds. The molecule has 0 radical (unpaired) electrons. The highest BCUT2D eigenvalue weighted by Crippen LogP contribution is 2.36. The van der Waals surface area contributed by atoms with Crippen molar-refractivity contribution in [2.75, 3.05) is 20.8 Å². The molecule has 0 atom stereocenters. The highest BCUT2D eigenvalue weighted by molar-refractivity contribution is 6.31. The van der Waals surface area contributed by atoms with Crippen LogP contribution in [0.5, 0.6) is 11.5 Å². The van der Waals surface area contributed by atoms with Gasteiger partial charge in [0, 0.05) is 34.1 Å². The first-order valence-electron chi connectivity index (χ1n) is 10.1. The number of benzene rings is 2. The molecular weight excluding hydrogens is 432 g/mol. The number of H-pyrrole nitrogens is 1. The molecule has 0 unspecified atom stereocenters. The van der Waals surface area contributed by atoms with Crippen LogP contribution in [0, 0.1) is 6.92 Å². The molecule has 0 spiro atoms. The Labute approximate surface area is 189 Å². The molecule has 2 aromatic heterocycles. The molecule has 4 rings (SSSR count). The van der Waals surface area contributed by atoms with E-state index in [1.165, 1.54) is 14.2 Å². The Kier molecular flexibility index (Phi) is 6.10. The first-order valence-corrected chi connectivity index (χ1v) is 10.5. The van der Waals surface area contributed by atoms with E-state index in [0.717, 1.165) is 16.5 Å². The zero-order chi connectivity index (χ0) is 22.8. The van der Waals surface area contributed by atoms with Crippen LogP contribution in [0.25, 0.3) is 21.9 Å². The summed E-state index contributed by atoms with van der Waals surface area (Å²) >= 11 is 6.09. The van der Waals surface area contributed by atoms with Crippen molar-refractivity contribution in [2.24, 2.45) is 0 Å². The lowest BCUT2D eigenvalue weighted by molar-refractivity contribution is -0.120. The van der Waals surface area contributed by atoms with E-state index in [9.17, 15) is 9.59 Å². The summed E-state index contributed by atoms with van der Waals surface area (Å²) in [7, 11) is 2.99. The topological polar surface area (TPSA) is 93.6 Å². The fourth-order valence-corrected chi connectivity index (χ4v) is 4.06. The monoisotopic (exact) mass is 454 g/mol. The number of hydrogen-bond acceptors (Lipinski definition) is 5. The molecule has 8 heteroatoms. The lowest BCUT2D eigenvalue weighted by Crippen LogP contribution is -2.29. The van der Waals surface area contributed by atoms with Gasteiger partial charge in [0.25, 0.3) is 0 Å². The first-order chi connectivity index (χ1) is 15.4. The molecular formula is C24H23ClN2O5. The second-order valence-electron chi connectivity index (χ2n) is 7.45. The summed E-state index contributed by atoms with van der Waals surface area (Å²) in [5.41, 5.74) is 2.79. The van der Waals surface area contributed by atoms with Crippen LogP contribution in [0.3, 0.4) is 0 Å². The highest BCUT2D eigenvalue weighted by atomic mass is 35.5. The first kappa shape index (κ1) is 21.8. The Morgan fingerprint density at radius 1 is 1.16 bits per heavy atom. The molecule has 0 bridgehead atoms. The molecule has 166 valence electrons. The summed E-state index contributed by atoms with van der Waals surface area (Å²) in [5.74, 6) is 0.560. The number of fused-ring (bicyclic) bond motifs is 2.